The minimum absolute atomic E-state index is 0.118. The van der Waals surface area contributed by atoms with Gasteiger partial charge >= 0.3 is 12.1 Å². The van der Waals surface area contributed by atoms with Gasteiger partial charge in [0, 0.05) is 32.6 Å². The van der Waals surface area contributed by atoms with Gasteiger partial charge in [-0.05, 0) is 12.8 Å². The van der Waals surface area contributed by atoms with Crippen molar-refractivity contribution in [2.24, 2.45) is 5.73 Å². The van der Waals surface area contributed by atoms with Gasteiger partial charge in [-0.3, -0.25) is 9.59 Å². The van der Waals surface area contributed by atoms with E-state index in [1.807, 2.05) is 6.92 Å². The third-order valence-electron chi connectivity index (χ3n) is 3.56. The number of aliphatic carboxylic acids is 1. The molecule has 1 saturated heterocycles. The number of carbonyl (C=O) groups excluding carboxylic acids is 2. The van der Waals surface area contributed by atoms with E-state index >= 15 is 0 Å². The Morgan fingerprint density at radius 3 is 2.32 bits per heavy atom. The minimum Gasteiger partial charge on any atom is -0.481 e. The molecule has 0 unspecified atom stereocenters. The number of hydrogen-bond acceptors (Lipinski definition) is 5. The maximum Gasteiger partial charge on any atom is 0.409 e. The Hall–Kier alpha value is -1.83. The Labute approximate surface area is 130 Å². The highest BCUT2D eigenvalue weighted by atomic mass is 16.6. The predicted molar refractivity (Wildman–Crippen MR) is 79.3 cm³/mol. The minimum atomic E-state index is -0.970. The number of carboxylic acid groups (broad SMARTS) is 1. The molecule has 0 saturated carbocycles. The van der Waals surface area contributed by atoms with E-state index in [2.05, 4.69) is 0 Å². The topological polar surface area (TPSA) is 113 Å². The number of carboxylic acids is 1. The second-order valence-electron chi connectivity index (χ2n) is 5.32. The summed E-state index contributed by atoms with van der Waals surface area (Å²) in [7, 11) is 0. The molecule has 1 heterocycles. The molecule has 0 bridgehead atoms. The summed E-state index contributed by atoms with van der Waals surface area (Å²) < 4.78 is 5.12. The van der Waals surface area contributed by atoms with Crippen molar-refractivity contribution in [3.05, 3.63) is 0 Å². The summed E-state index contributed by atoms with van der Waals surface area (Å²) >= 11 is 0. The van der Waals surface area contributed by atoms with E-state index in [-0.39, 0.29) is 24.8 Å². The van der Waals surface area contributed by atoms with Crippen LogP contribution in [0, 0.1) is 0 Å². The molecule has 2 amide bonds. The number of piperazine rings is 1. The van der Waals surface area contributed by atoms with Gasteiger partial charge < -0.3 is 25.4 Å². The summed E-state index contributed by atoms with van der Waals surface area (Å²) in [5.74, 6) is -1.23. The summed E-state index contributed by atoms with van der Waals surface area (Å²) in [6.45, 7) is 4.02. The van der Waals surface area contributed by atoms with E-state index < -0.39 is 12.0 Å². The molecule has 8 nitrogen and oxygen atoms in total. The molecule has 1 atom stereocenters. The summed E-state index contributed by atoms with van der Waals surface area (Å²) in [5, 5.41) is 8.60. The first-order valence-electron chi connectivity index (χ1n) is 7.63. The summed E-state index contributed by atoms with van der Waals surface area (Å²) in [5.41, 5.74) is 5.71. The van der Waals surface area contributed by atoms with Crippen molar-refractivity contribution in [3.63, 3.8) is 0 Å². The largest absolute Gasteiger partial charge is 0.481 e. The third-order valence-corrected chi connectivity index (χ3v) is 3.56. The van der Waals surface area contributed by atoms with Crippen LogP contribution in [0.4, 0.5) is 4.79 Å². The highest BCUT2D eigenvalue weighted by Crippen LogP contribution is 2.08. The zero-order valence-electron chi connectivity index (χ0n) is 13.0. The van der Waals surface area contributed by atoms with Gasteiger partial charge in [-0.2, -0.15) is 0 Å². The molecule has 8 heteroatoms. The molecule has 1 aliphatic heterocycles. The Morgan fingerprint density at radius 2 is 1.77 bits per heavy atom. The van der Waals surface area contributed by atoms with Crippen molar-refractivity contribution in [2.75, 3.05) is 32.8 Å². The lowest BCUT2D eigenvalue weighted by molar-refractivity contribution is -0.138. The van der Waals surface area contributed by atoms with E-state index in [1.54, 1.807) is 9.80 Å². The van der Waals surface area contributed by atoms with E-state index in [4.69, 9.17) is 15.6 Å². The van der Waals surface area contributed by atoms with Crippen LogP contribution in [0.15, 0.2) is 0 Å². The molecule has 0 aliphatic carbocycles. The lowest BCUT2D eigenvalue weighted by Crippen LogP contribution is -2.54. The Morgan fingerprint density at radius 1 is 1.18 bits per heavy atom. The maximum absolute atomic E-state index is 12.1. The second kappa shape index (κ2) is 9.24. The number of nitrogens with two attached hydrogens (primary N) is 1. The molecule has 0 aromatic heterocycles. The van der Waals surface area contributed by atoms with E-state index in [0.717, 1.165) is 12.8 Å². The van der Waals surface area contributed by atoms with E-state index in [9.17, 15) is 14.4 Å². The lowest BCUT2D eigenvalue weighted by Gasteiger charge is -2.35. The molecule has 22 heavy (non-hydrogen) atoms. The average Bonchev–Trinajstić information content (AvgIpc) is 2.52. The van der Waals surface area contributed by atoms with Crippen molar-refractivity contribution in [1.29, 1.82) is 0 Å². The number of carbonyl (C=O) groups is 3. The van der Waals surface area contributed by atoms with E-state index in [1.165, 1.54) is 0 Å². The van der Waals surface area contributed by atoms with Gasteiger partial charge in [-0.15, -0.1) is 0 Å². The number of ether oxygens (including phenoxy) is 1. The highest BCUT2D eigenvalue weighted by molar-refractivity contribution is 5.82. The normalized spacial score (nSPS) is 16.3. The smallest absolute Gasteiger partial charge is 0.409 e. The maximum atomic E-state index is 12.1. The molecular formula is C14H25N3O5. The number of rotatable bonds is 7. The standard InChI is InChI=1S/C14H25N3O5/c1-2-3-10-22-14(21)17-8-6-16(7-9-17)13(20)11(15)4-5-12(18)19/h11H,2-10,15H2,1H3,(H,18,19)/t11-/m0/s1. The Kier molecular flexibility index (Phi) is 7.65. The average molecular weight is 315 g/mol. The number of amides is 2. The monoisotopic (exact) mass is 315 g/mol. The molecule has 0 spiro atoms. The summed E-state index contributed by atoms with van der Waals surface area (Å²) in [6, 6.07) is -0.806. The SMILES string of the molecule is CCCCOC(=O)N1CCN(C(=O)[C@@H](N)CCC(=O)O)CC1. The molecule has 0 aromatic rings. The fourth-order valence-electron chi connectivity index (χ4n) is 2.14. The number of hydrogen-bond donors (Lipinski definition) is 2. The number of nitrogens with zero attached hydrogens (tertiary/aromatic N) is 2. The highest BCUT2D eigenvalue weighted by Gasteiger charge is 2.27. The molecule has 0 aromatic carbocycles. The van der Waals surface area contributed by atoms with Crippen LogP contribution in [-0.4, -0.2) is 71.7 Å². The molecular weight excluding hydrogens is 290 g/mol. The summed E-state index contributed by atoms with van der Waals surface area (Å²) in [4.78, 5) is 37.5. The first kappa shape index (κ1) is 18.2. The quantitative estimate of drug-likeness (QED) is 0.652. The van der Waals surface area contributed by atoms with Crippen LogP contribution < -0.4 is 5.73 Å². The fourth-order valence-corrected chi connectivity index (χ4v) is 2.14. The van der Waals surface area contributed by atoms with Crippen LogP contribution in [0.1, 0.15) is 32.6 Å². The molecule has 126 valence electrons. The van der Waals surface area contributed by atoms with Gasteiger partial charge in [0.2, 0.25) is 5.91 Å². The van der Waals surface area contributed by atoms with Crippen molar-refractivity contribution >= 4 is 18.0 Å². The summed E-state index contributed by atoms with van der Waals surface area (Å²) in [6.07, 6.45) is 1.44. The van der Waals surface area contributed by atoms with Crippen molar-refractivity contribution in [2.45, 2.75) is 38.6 Å². The van der Waals surface area contributed by atoms with Gasteiger partial charge in [-0.25, -0.2) is 4.79 Å². The van der Waals surface area contributed by atoms with Gasteiger partial charge in [0.25, 0.3) is 0 Å². The van der Waals surface area contributed by atoms with Crippen LogP contribution in [0.5, 0.6) is 0 Å². The Balaban J connectivity index is 2.33. The van der Waals surface area contributed by atoms with Crippen LogP contribution >= 0.6 is 0 Å². The first-order chi connectivity index (χ1) is 10.5. The van der Waals surface area contributed by atoms with Crippen LogP contribution in [0.3, 0.4) is 0 Å². The van der Waals surface area contributed by atoms with Crippen LogP contribution in [0.2, 0.25) is 0 Å². The van der Waals surface area contributed by atoms with Gasteiger partial charge in [0.1, 0.15) is 0 Å². The third kappa shape index (κ3) is 5.88. The number of unbranched alkanes of at least 4 members (excludes halogenated alkanes) is 1. The molecule has 1 fully saturated rings. The predicted octanol–water partition coefficient (Wildman–Crippen LogP) is 0.259. The second-order valence-corrected chi connectivity index (χ2v) is 5.32. The first-order valence-corrected chi connectivity index (χ1v) is 7.63. The molecule has 1 aliphatic rings. The molecule has 0 radical (unpaired) electrons. The van der Waals surface area contributed by atoms with Crippen molar-refractivity contribution in [3.8, 4) is 0 Å². The zero-order valence-corrected chi connectivity index (χ0v) is 13.0. The molecule has 1 rings (SSSR count). The fraction of sp³-hybridized carbons (Fsp3) is 0.786. The van der Waals surface area contributed by atoms with Crippen molar-refractivity contribution < 1.29 is 24.2 Å². The van der Waals surface area contributed by atoms with Gasteiger partial charge in [0.15, 0.2) is 0 Å². The van der Waals surface area contributed by atoms with Gasteiger partial charge in [0.05, 0.1) is 12.6 Å². The van der Waals surface area contributed by atoms with Crippen LogP contribution in [-0.2, 0) is 14.3 Å². The lowest BCUT2D eigenvalue weighted by atomic mass is 10.1. The zero-order chi connectivity index (χ0) is 16.5. The van der Waals surface area contributed by atoms with Crippen LogP contribution in [0.25, 0.3) is 0 Å². The molecule has 3 N–H and O–H groups in total. The Bertz CT molecular complexity index is 394. The van der Waals surface area contributed by atoms with Gasteiger partial charge in [-0.1, -0.05) is 13.3 Å². The van der Waals surface area contributed by atoms with E-state index in [0.29, 0.717) is 32.8 Å². The van der Waals surface area contributed by atoms with Crippen molar-refractivity contribution in [1.82, 2.24) is 9.80 Å².